The van der Waals surface area contributed by atoms with Gasteiger partial charge in [-0.3, -0.25) is 14.3 Å². The summed E-state index contributed by atoms with van der Waals surface area (Å²) in [5, 5.41) is 0. The van der Waals surface area contributed by atoms with Gasteiger partial charge >= 0.3 is 30.1 Å². The lowest BCUT2D eigenvalue weighted by Gasteiger charge is -2.61. The van der Waals surface area contributed by atoms with Gasteiger partial charge in [0.2, 0.25) is 12.6 Å². The molecule has 1 spiro atoms. The Labute approximate surface area is 333 Å². The number of benzene rings is 1. The van der Waals surface area contributed by atoms with Crippen LogP contribution in [-0.2, 0) is 53.2 Å². The van der Waals surface area contributed by atoms with Crippen LogP contribution in [0.15, 0.2) is 90.6 Å². The summed E-state index contributed by atoms with van der Waals surface area (Å²) in [5.74, 6) is -5.18. The first-order valence-electron chi connectivity index (χ1n) is 19.4. The summed E-state index contributed by atoms with van der Waals surface area (Å²) in [6, 6.07) is 6.42. The summed E-state index contributed by atoms with van der Waals surface area (Å²) in [4.78, 5) is 53.0. The first kappa shape index (κ1) is 45.2. The van der Waals surface area contributed by atoms with Crippen LogP contribution in [0.4, 0.5) is 13.2 Å². The predicted molar refractivity (Wildman–Crippen MR) is 205 cm³/mol. The van der Waals surface area contributed by atoms with Crippen LogP contribution >= 0.6 is 0 Å². The molecule has 0 radical (unpaired) electrons. The molecule has 10 nitrogen and oxygen atoms in total. The van der Waals surface area contributed by atoms with Crippen molar-refractivity contribution in [1.82, 2.24) is 0 Å². The van der Waals surface area contributed by atoms with E-state index in [1.54, 1.807) is 18.2 Å². The van der Waals surface area contributed by atoms with Gasteiger partial charge in [-0.25, -0.2) is 9.59 Å². The van der Waals surface area contributed by atoms with E-state index in [2.05, 4.69) is 13.5 Å². The maximum absolute atomic E-state index is 15.2. The van der Waals surface area contributed by atoms with Gasteiger partial charge in [0, 0.05) is 38.2 Å². The first-order valence-corrected chi connectivity index (χ1v) is 19.4. The van der Waals surface area contributed by atoms with Crippen molar-refractivity contribution in [3.63, 3.8) is 0 Å². The average Bonchev–Trinajstić information content (AvgIpc) is 3.43. The summed E-state index contributed by atoms with van der Waals surface area (Å²) in [7, 11) is 0.774. The zero-order chi connectivity index (χ0) is 42.2. The number of hydrogen-bond donors (Lipinski definition) is 0. The third kappa shape index (κ3) is 9.30. The van der Waals surface area contributed by atoms with Crippen LogP contribution in [0.25, 0.3) is 0 Å². The number of alkyl halides is 3. The largest absolute Gasteiger partial charge is 0.458 e. The molecule has 1 aromatic carbocycles. The summed E-state index contributed by atoms with van der Waals surface area (Å²) in [6.45, 7) is 14.0. The molecule has 0 bridgehead atoms. The van der Waals surface area contributed by atoms with E-state index in [4.69, 9.17) is 28.4 Å². The minimum Gasteiger partial charge on any atom is -0.458 e. The first-order chi connectivity index (χ1) is 26.9. The molecule has 0 N–H and O–H groups in total. The van der Waals surface area contributed by atoms with Gasteiger partial charge in [-0.1, -0.05) is 106 Å². The molecule has 1 aromatic rings. The fraction of sp³-hybridized carbons (Fsp3) is 0.545. The molecule has 1 heterocycles. The molecule has 13 heteroatoms. The fourth-order valence-electron chi connectivity index (χ4n) is 8.59. The molecule has 4 rings (SSSR count). The Morgan fingerprint density at radius 1 is 0.965 bits per heavy atom. The summed E-state index contributed by atoms with van der Waals surface area (Å²) in [6.07, 6.45) is 5.29. The van der Waals surface area contributed by atoms with Crippen LogP contribution in [-0.4, -0.2) is 62.0 Å². The highest BCUT2D eigenvalue weighted by Gasteiger charge is 2.74. The third-order valence-corrected chi connectivity index (χ3v) is 11.7. The van der Waals surface area contributed by atoms with Gasteiger partial charge in [0.05, 0.1) is 0 Å². The summed E-state index contributed by atoms with van der Waals surface area (Å²) in [5.41, 5.74) is -5.61. The highest BCUT2D eigenvalue weighted by molar-refractivity contribution is 5.83. The highest BCUT2D eigenvalue weighted by atomic mass is 19.4. The second-order valence-electron chi connectivity index (χ2n) is 15.3. The number of methoxy groups -OCH3 is 1. The van der Waals surface area contributed by atoms with Crippen LogP contribution < -0.4 is 0 Å². The van der Waals surface area contributed by atoms with Crippen molar-refractivity contribution < 1.29 is 60.8 Å². The van der Waals surface area contributed by atoms with E-state index in [1.165, 1.54) is 30.4 Å². The Balaban J connectivity index is 1.94. The minimum atomic E-state index is -5.29. The number of allylic oxidation sites excluding steroid dienone is 6. The fourth-order valence-corrected chi connectivity index (χ4v) is 8.59. The molecule has 1 aliphatic heterocycles. The Morgan fingerprint density at radius 2 is 1.65 bits per heavy atom. The predicted octanol–water partition coefficient (Wildman–Crippen LogP) is 8.92. The van der Waals surface area contributed by atoms with Crippen LogP contribution in [0.5, 0.6) is 0 Å². The molecule has 9 atom stereocenters. The normalized spacial score (nSPS) is 29.8. The molecule has 0 unspecified atom stereocenters. The second kappa shape index (κ2) is 18.8. The van der Waals surface area contributed by atoms with Gasteiger partial charge in [0.1, 0.15) is 17.6 Å². The molecule has 57 heavy (non-hydrogen) atoms. The van der Waals surface area contributed by atoms with Crippen LogP contribution in [0, 0.1) is 22.7 Å². The number of hydrogen-bond acceptors (Lipinski definition) is 10. The summed E-state index contributed by atoms with van der Waals surface area (Å²) >= 11 is 0. The van der Waals surface area contributed by atoms with E-state index in [0.29, 0.717) is 6.42 Å². The Hall–Kier alpha value is -4.49. The smallest absolute Gasteiger partial charge is 0.432 e. The number of unbranched alkanes of at least 4 members (excludes halogenated alkanes) is 3. The molecule has 3 aliphatic rings. The molecular formula is C44H55F3O10. The van der Waals surface area contributed by atoms with Crippen molar-refractivity contribution in [2.75, 3.05) is 7.11 Å². The number of halogens is 3. The van der Waals surface area contributed by atoms with Gasteiger partial charge in [0.25, 0.3) is 5.60 Å². The Morgan fingerprint density at radius 3 is 2.25 bits per heavy atom. The molecule has 0 amide bonds. The second-order valence-corrected chi connectivity index (χ2v) is 15.3. The van der Waals surface area contributed by atoms with E-state index < -0.39 is 82.8 Å². The number of carbonyl (C=O) groups is 4. The maximum atomic E-state index is 15.2. The Kier molecular flexibility index (Phi) is 14.9. The van der Waals surface area contributed by atoms with Gasteiger partial charge in [0.15, 0.2) is 0 Å². The monoisotopic (exact) mass is 800 g/mol. The van der Waals surface area contributed by atoms with Crippen molar-refractivity contribution in [2.24, 2.45) is 22.7 Å². The zero-order valence-corrected chi connectivity index (χ0v) is 33.8. The van der Waals surface area contributed by atoms with E-state index in [0.717, 1.165) is 64.3 Å². The van der Waals surface area contributed by atoms with Gasteiger partial charge < -0.3 is 23.7 Å². The molecule has 312 valence electrons. The molecule has 1 saturated heterocycles. The minimum absolute atomic E-state index is 0.0325. The van der Waals surface area contributed by atoms with Crippen molar-refractivity contribution in [3.05, 3.63) is 96.2 Å². The van der Waals surface area contributed by atoms with E-state index >= 15 is 13.2 Å². The SMILES string of the molecule is C=C/C(C)=C/C[C@]1(C)[C@H](C)C[C@H](OC(=O)[C@](OC)(c2ccccc2)C(F)(F)F)[C@@]23C(=C[C@H](OC(=O)/C=C\C=C\CCCCC)C[C@@H]12)[C@@H](OC(C)=O)O[C@H]3OC(C)=O. The highest BCUT2D eigenvalue weighted by Crippen LogP contribution is 2.68. The van der Waals surface area contributed by atoms with Gasteiger partial charge in [-0.05, 0) is 62.4 Å². The molecule has 2 aliphatic carbocycles. The quantitative estimate of drug-likeness (QED) is 0.0400. The van der Waals surface area contributed by atoms with Crippen molar-refractivity contribution in [1.29, 1.82) is 0 Å². The van der Waals surface area contributed by atoms with E-state index in [1.807, 2.05) is 32.9 Å². The van der Waals surface area contributed by atoms with Crippen molar-refractivity contribution >= 4 is 23.9 Å². The van der Waals surface area contributed by atoms with Gasteiger partial charge in [-0.2, -0.15) is 13.2 Å². The average molecular weight is 801 g/mol. The topological polar surface area (TPSA) is 124 Å². The van der Waals surface area contributed by atoms with E-state index in [9.17, 15) is 19.2 Å². The zero-order valence-electron chi connectivity index (χ0n) is 33.8. The van der Waals surface area contributed by atoms with Crippen LogP contribution in [0.1, 0.15) is 92.1 Å². The lowest BCUT2D eigenvalue weighted by Crippen LogP contribution is -2.65. The molecule has 0 aromatic heterocycles. The number of carbonyl (C=O) groups excluding carboxylic acids is 4. The van der Waals surface area contributed by atoms with Gasteiger partial charge in [-0.15, -0.1) is 0 Å². The lowest BCUT2D eigenvalue weighted by molar-refractivity contribution is -0.289. The maximum Gasteiger partial charge on any atom is 0.432 e. The van der Waals surface area contributed by atoms with Crippen molar-refractivity contribution in [2.45, 2.75) is 123 Å². The van der Waals surface area contributed by atoms with E-state index in [-0.39, 0.29) is 24.3 Å². The number of rotatable bonds is 16. The molecule has 2 fully saturated rings. The molecular weight excluding hydrogens is 745 g/mol. The van der Waals surface area contributed by atoms with Crippen LogP contribution in [0.3, 0.4) is 0 Å². The lowest BCUT2D eigenvalue weighted by atomic mass is 9.45. The number of esters is 4. The molecule has 1 saturated carbocycles. The number of ether oxygens (including phenoxy) is 6. The summed E-state index contributed by atoms with van der Waals surface area (Å²) < 4.78 is 80.5. The third-order valence-electron chi connectivity index (χ3n) is 11.7. The standard InChI is InChI=1S/C44H55F3O10/c1-9-11-12-13-14-15-19-22-37(50)55-33-26-34-38(53-30(5)48)57-40(54-31(6)49)42(34)35(27-33)41(7,24-23-28(3)10-2)29(4)25-36(42)56-39(51)43(52-8,44(45,46)47)32-20-17-16-18-21-32/h10,14-23,26,29,33,35-36,38,40H,2,9,11-13,24-25,27H2,1,3-8H3/b15-14+,22-19-,28-23+/t29-,33+,35+,36+,38+,40-,41-,42-,43-/m1/s1. The van der Waals surface area contributed by atoms with Crippen molar-refractivity contribution in [3.8, 4) is 0 Å². The van der Waals surface area contributed by atoms with Crippen LogP contribution in [0.2, 0.25) is 0 Å². The Bertz CT molecular complexity index is 1750.